The van der Waals surface area contributed by atoms with Crippen molar-refractivity contribution in [3.63, 3.8) is 0 Å². The smallest absolute Gasteiger partial charge is 0.323 e. The number of hydrogen-bond donors (Lipinski definition) is 2. The number of hydrogen-bond acceptors (Lipinski definition) is 6. The number of carbonyl (C=O) groups excluding carboxylic acids is 2. The van der Waals surface area contributed by atoms with Crippen LogP contribution >= 0.6 is 0 Å². The molecule has 98 valence electrons. The quantitative estimate of drug-likeness (QED) is 0.445. The number of benzene rings is 1. The van der Waals surface area contributed by atoms with E-state index in [1.165, 1.54) is 0 Å². The Kier molecular flexibility index (Phi) is 2.66. The lowest BCUT2D eigenvalue weighted by Gasteiger charge is -2.09. The summed E-state index contributed by atoms with van der Waals surface area (Å²) in [6, 6.07) is 1.54. The number of aliphatic carboxylic acids is 1. The van der Waals surface area contributed by atoms with Gasteiger partial charge in [0.2, 0.25) is 0 Å². The summed E-state index contributed by atoms with van der Waals surface area (Å²) in [5.41, 5.74) is -1.28. The molecule has 0 atom stereocenters. The molecule has 9 heteroatoms. The third-order valence-corrected chi connectivity index (χ3v) is 2.56. The predicted molar refractivity (Wildman–Crippen MR) is 57.8 cm³/mol. The van der Waals surface area contributed by atoms with Gasteiger partial charge in [0.25, 0.3) is 11.8 Å². The van der Waals surface area contributed by atoms with E-state index in [-0.39, 0.29) is 11.1 Å². The molecule has 9 nitrogen and oxygen atoms in total. The first kappa shape index (κ1) is 12.5. The number of nitrogens with zero attached hydrogens (tertiary/aromatic N) is 2. The van der Waals surface area contributed by atoms with Crippen LogP contribution in [0, 0.1) is 10.1 Å². The van der Waals surface area contributed by atoms with Gasteiger partial charge >= 0.3 is 11.7 Å². The van der Waals surface area contributed by atoms with Crippen molar-refractivity contribution in [2.45, 2.75) is 0 Å². The maximum Gasteiger partial charge on any atom is 0.323 e. The SMILES string of the molecule is O=C(O)CN1C(=O)c2cc(O)c([N+](=O)[O-])cc2C1=O. The zero-order valence-corrected chi connectivity index (χ0v) is 9.19. The molecular weight excluding hydrogens is 260 g/mol. The highest BCUT2D eigenvalue weighted by Gasteiger charge is 2.39. The summed E-state index contributed by atoms with van der Waals surface area (Å²) in [6.07, 6.45) is 0. The van der Waals surface area contributed by atoms with Crippen molar-refractivity contribution in [3.8, 4) is 5.75 Å². The molecule has 1 aromatic carbocycles. The van der Waals surface area contributed by atoms with Crippen LogP contribution in [0.2, 0.25) is 0 Å². The largest absolute Gasteiger partial charge is 0.502 e. The van der Waals surface area contributed by atoms with Crippen molar-refractivity contribution >= 4 is 23.5 Å². The Morgan fingerprint density at radius 2 is 1.79 bits per heavy atom. The molecule has 1 aromatic rings. The molecule has 2 amide bonds. The highest BCUT2D eigenvalue weighted by molar-refractivity contribution is 6.22. The fraction of sp³-hybridized carbons (Fsp3) is 0.100. The Bertz CT molecular complexity index is 637. The highest BCUT2D eigenvalue weighted by atomic mass is 16.6. The molecule has 0 fully saturated rings. The van der Waals surface area contributed by atoms with E-state index >= 15 is 0 Å². The van der Waals surface area contributed by atoms with Crippen LogP contribution in [0.1, 0.15) is 20.7 Å². The summed E-state index contributed by atoms with van der Waals surface area (Å²) < 4.78 is 0. The van der Waals surface area contributed by atoms with Crippen molar-refractivity contribution in [2.24, 2.45) is 0 Å². The maximum atomic E-state index is 11.8. The molecule has 1 aliphatic rings. The van der Waals surface area contributed by atoms with Gasteiger partial charge in [-0.2, -0.15) is 0 Å². The minimum atomic E-state index is -1.40. The van der Waals surface area contributed by atoms with Crippen LogP contribution in [-0.4, -0.2) is 44.4 Å². The number of phenols is 1. The number of nitro groups is 1. The Balaban J connectivity index is 2.54. The molecule has 0 radical (unpaired) electrons. The molecule has 0 saturated carbocycles. The first-order valence-electron chi connectivity index (χ1n) is 4.92. The van der Waals surface area contributed by atoms with Crippen molar-refractivity contribution in [3.05, 3.63) is 33.4 Å². The summed E-state index contributed by atoms with van der Waals surface area (Å²) in [4.78, 5) is 44.2. The van der Waals surface area contributed by atoms with E-state index in [0.717, 1.165) is 12.1 Å². The standard InChI is InChI=1S/C10H6N2O7/c13-7-2-5-4(1-6(7)12(18)19)9(16)11(10(5)17)3-8(14)15/h1-2,13H,3H2,(H,14,15). The second-order valence-corrected chi connectivity index (χ2v) is 3.73. The van der Waals surface area contributed by atoms with Crippen LogP contribution in [0.4, 0.5) is 5.69 Å². The summed E-state index contributed by atoms with van der Waals surface area (Å²) in [5, 5.41) is 28.6. The van der Waals surface area contributed by atoms with Crippen LogP contribution in [-0.2, 0) is 4.79 Å². The number of carboxylic acids is 1. The van der Waals surface area contributed by atoms with Gasteiger partial charge in [-0.1, -0.05) is 0 Å². The van der Waals surface area contributed by atoms with Crippen LogP contribution < -0.4 is 0 Å². The molecule has 19 heavy (non-hydrogen) atoms. The van der Waals surface area contributed by atoms with Gasteiger partial charge < -0.3 is 10.2 Å². The molecule has 2 rings (SSSR count). The van der Waals surface area contributed by atoms with Crippen molar-refractivity contribution < 1.29 is 29.5 Å². The van der Waals surface area contributed by atoms with Gasteiger partial charge in [-0.15, -0.1) is 0 Å². The van der Waals surface area contributed by atoms with Crippen LogP contribution in [0.3, 0.4) is 0 Å². The third-order valence-electron chi connectivity index (χ3n) is 2.56. The molecule has 1 aliphatic heterocycles. The maximum absolute atomic E-state index is 11.8. The van der Waals surface area contributed by atoms with Crippen molar-refractivity contribution in [1.29, 1.82) is 0 Å². The first-order chi connectivity index (χ1) is 8.82. The zero-order chi connectivity index (χ0) is 14.3. The van der Waals surface area contributed by atoms with Crippen LogP contribution in [0.5, 0.6) is 5.75 Å². The Labute approximate surface area is 104 Å². The van der Waals surface area contributed by atoms with Crippen LogP contribution in [0.15, 0.2) is 12.1 Å². The molecule has 0 saturated heterocycles. The Morgan fingerprint density at radius 3 is 2.26 bits per heavy atom. The summed E-state index contributed by atoms with van der Waals surface area (Å²) in [5.74, 6) is -4.01. The van der Waals surface area contributed by atoms with Gasteiger partial charge in [-0.25, -0.2) is 0 Å². The molecule has 0 spiro atoms. The van der Waals surface area contributed by atoms with Gasteiger partial charge in [0.05, 0.1) is 16.1 Å². The first-order valence-corrected chi connectivity index (χ1v) is 4.92. The van der Waals surface area contributed by atoms with E-state index in [1.807, 2.05) is 0 Å². The minimum Gasteiger partial charge on any atom is -0.502 e. The van der Waals surface area contributed by atoms with Gasteiger partial charge in [0.15, 0.2) is 5.75 Å². The Hall–Kier alpha value is -2.97. The van der Waals surface area contributed by atoms with E-state index in [0.29, 0.717) is 4.90 Å². The fourth-order valence-electron chi connectivity index (χ4n) is 1.74. The summed E-state index contributed by atoms with van der Waals surface area (Å²) in [6.45, 7) is -0.846. The number of imide groups is 1. The molecule has 0 bridgehead atoms. The van der Waals surface area contributed by atoms with E-state index < -0.39 is 40.7 Å². The number of fused-ring (bicyclic) bond motifs is 1. The zero-order valence-electron chi connectivity index (χ0n) is 9.19. The molecule has 0 aliphatic carbocycles. The fourth-order valence-corrected chi connectivity index (χ4v) is 1.74. The molecule has 0 aromatic heterocycles. The summed E-state index contributed by atoms with van der Waals surface area (Å²) >= 11 is 0. The monoisotopic (exact) mass is 266 g/mol. The predicted octanol–water partition coefficient (Wildman–Crippen LogP) is -0.0190. The number of aromatic hydroxyl groups is 1. The van der Waals surface area contributed by atoms with Gasteiger partial charge in [0.1, 0.15) is 6.54 Å². The number of amides is 2. The molecule has 0 unspecified atom stereocenters. The number of carboxylic acid groups (broad SMARTS) is 1. The average Bonchev–Trinajstić information content (AvgIpc) is 2.52. The normalized spacial score (nSPS) is 13.6. The Morgan fingerprint density at radius 1 is 1.26 bits per heavy atom. The average molecular weight is 266 g/mol. The van der Waals surface area contributed by atoms with E-state index in [2.05, 4.69) is 0 Å². The topological polar surface area (TPSA) is 138 Å². The second-order valence-electron chi connectivity index (χ2n) is 3.73. The molecule has 2 N–H and O–H groups in total. The lowest BCUT2D eigenvalue weighted by Crippen LogP contribution is -2.34. The molecule has 1 heterocycles. The third kappa shape index (κ3) is 1.86. The number of carbonyl (C=O) groups is 3. The van der Waals surface area contributed by atoms with E-state index in [4.69, 9.17) is 5.11 Å². The van der Waals surface area contributed by atoms with Gasteiger partial charge in [0, 0.05) is 12.1 Å². The summed E-state index contributed by atoms with van der Waals surface area (Å²) in [7, 11) is 0. The van der Waals surface area contributed by atoms with Gasteiger partial charge in [-0.05, 0) is 0 Å². The lowest BCUT2D eigenvalue weighted by molar-refractivity contribution is -0.385. The van der Waals surface area contributed by atoms with E-state index in [1.54, 1.807) is 0 Å². The highest BCUT2D eigenvalue weighted by Crippen LogP contribution is 2.33. The number of phenolic OH excluding ortho intramolecular Hbond substituents is 1. The number of rotatable bonds is 3. The minimum absolute atomic E-state index is 0.255. The lowest BCUT2D eigenvalue weighted by atomic mass is 10.1. The second kappa shape index (κ2) is 4.05. The van der Waals surface area contributed by atoms with E-state index in [9.17, 15) is 29.6 Å². The number of nitro benzene ring substituents is 1. The van der Waals surface area contributed by atoms with Crippen molar-refractivity contribution in [2.75, 3.05) is 6.54 Å². The van der Waals surface area contributed by atoms with Crippen molar-refractivity contribution in [1.82, 2.24) is 4.90 Å². The van der Waals surface area contributed by atoms with Gasteiger partial charge in [-0.3, -0.25) is 29.4 Å². The molecular formula is C10H6N2O7. The van der Waals surface area contributed by atoms with Crippen LogP contribution in [0.25, 0.3) is 0 Å².